The third-order valence-corrected chi connectivity index (χ3v) is 22.4. The highest BCUT2D eigenvalue weighted by Crippen LogP contribution is 2.46. The van der Waals surface area contributed by atoms with E-state index in [-0.39, 0.29) is 76.6 Å². The van der Waals surface area contributed by atoms with Crippen molar-refractivity contribution in [3.63, 3.8) is 0 Å². The van der Waals surface area contributed by atoms with E-state index in [0.717, 1.165) is 124 Å². The fraction of sp³-hybridized carbons (Fsp3) is 0.606. The van der Waals surface area contributed by atoms with Crippen LogP contribution < -0.4 is 25.8 Å². The van der Waals surface area contributed by atoms with Gasteiger partial charge >= 0.3 is 18.3 Å². The Morgan fingerprint density at radius 1 is 0.616 bits per heavy atom. The van der Waals surface area contributed by atoms with Crippen LogP contribution >= 0.6 is 24.4 Å². The van der Waals surface area contributed by atoms with Gasteiger partial charge in [-0.05, 0) is 243 Å². The Balaban J connectivity index is 0.774. The number of nitrogens with zero attached hydrogens (tertiary/aromatic N) is 10. The standard InChI is InChI=1S/C71H89F6N13O7S2/c1-42-38-83(30-10-12-46-16-22-52(23-17-46)89-65(98)85(62(94)67(89,5)6)54-26-20-48(36-78)56(33-54)70(72,73)74)39-43(2)87(42)69(64(96)97,35-60(92)81-51-15-9-14-50(32-51)80-58-28-29-59(91)82-61(58)93)88-44(3)40-84(41-45(88)4)31-11-13-47-18-24-53(25-19-47)90-66(99)86(63(95)68(90,7)8)55-27-21-49(37-79)57(34-55)71(75,76)77/h9,14-15,20-21,26-27,32-34,42-47,52-53,58,80H,10-13,16-19,22-25,28-31,35,38-41H2,1-8H3,(H,81,92)(H,96,97)(H,82,91,93)/t42-,43+,44-,45+,46?,47?,52?,53?,58-,69?/m0/s1. The Labute approximate surface area is 585 Å². The molecule has 5 amide bonds. The number of benzene rings is 3. The van der Waals surface area contributed by atoms with E-state index < -0.39 is 93.4 Å². The molecule has 4 N–H and O–H groups in total. The average Bonchev–Trinajstić information content (AvgIpc) is 1.69. The van der Waals surface area contributed by atoms with Crippen molar-refractivity contribution in [3.8, 4) is 12.1 Å². The SMILES string of the molecule is C[C@@H]1CN(CCCC2CCC(N3C(=S)N(c4ccc(C#N)c(C(F)(F)F)c4)C(=O)C3(C)C)CC2)C[C@H](C)N1C(CC(=O)Nc1cccc(N[C@H]2CCC(=O)NC2=O)c1)(C(=O)O)N1[C@H](C)CN(CCCC2CCC(N3C(=S)N(c4ccc(C#N)c(C(F)(F)F)c4)C(=O)C3(C)C)CC2)C[C@@H]1C. The molecule has 0 radical (unpaired) electrons. The van der Waals surface area contributed by atoms with Gasteiger partial charge in [0.2, 0.25) is 17.7 Å². The summed E-state index contributed by atoms with van der Waals surface area (Å²) in [6.07, 6.45) is 0.293. The number of piperidine rings is 1. The number of carboxylic acids is 1. The van der Waals surface area contributed by atoms with Crippen LogP contribution in [0.15, 0.2) is 60.7 Å². The van der Waals surface area contributed by atoms with Gasteiger partial charge in [-0.3, -0.25) is 48.9 Å². The second kappa shape index (κ2) is 29.3. The first-order valence-electron chi connectivity index (χ1n) is 34.4. The summed E-state index contributed by atoms with van der Waals surface area (Å²) in [6.45, 7) is 18.7. The van der Waals surface area contributed by atoms with Crippen molar-refractivity contribution in [1.29, 1.82) is 10.5 Å². The van der Waals surface area contributed by atoms with Gasteiger partial charge in [0.15, 0.2) is 15.9 Å². The Morgan fingerprint density at radius 3 is 1.41 bits per heavy atom. The number of aliphatic carboxylic acids is 1. The van der Waals surface area contributed by atoms with Crippen molar-refractivity contribution >= 4 is 92.9 Å². The monoisotopic (exact) mass is 1410 g/mol. The summed E-state index contributed by atoms with van der Waals surface area (Å²) < 4.78 is 84.1. The van der Waals surface area contributed by atoms with Crippen LogP contribution in [0.4, 0.5) is 49.1 Å². The Morgan fingerprint density at radius 2 is 1.03 bits per heavy atom. The van der Waals surface area contributed by atoms with Gasteiger partial charge in [-0.1, -0.05) is 6.07 Å². The first-order valence-corrected chi connectivity index (χ1v) is 35.3. The Hall–Kier alpha value is -7.34. The van der Waals surface area contributed by atoms with Gasteiger partial charge in [-0.2, -0.15) is 36.9 Å². The molecule has 20 nitrogen and oxygen atoms in total. The maximum atomic E-state index is 14.8. The summed E-state index contributed by atoms with van der Waals surface area (Å²) in [5.41, 5.74) is -6.59. The number of hydrogen-bond acceptors (Lipinski definition) is 15. The summed E-state index contributed by atoms with van der Waals surface area (Å²) in [5, 5.41) is 39.6. The number of piperazine rings is 2. The molecule has 0 aromatic heterocycles. The summed E-state index contributed by atoms with van der Waals surface area (Å²) in [4.78, 5) is 96.9. The van der Waals surface area contributed by atoms with Gasteiger partial charge in [-0.25, -0.2) is 4.79 Å². The number of carboxylic acid groups (broad SMARTS) is 1. The summed E-state index contributed by atoms with van der Waals surface area (Å²) >= 11 is 11.7. The summed E-state index contributed by atoms with van der Waals surface area (Å²) in [5.74, 6) is -2.61. The normalized spacial score (nSPS) is 27.4. The van der Waals surface area contributed by atoms with Crippen molar-refractivity contribution in [2.75, 3.05) is 59.7 Å². The van der Waals surface area contributed by atoms with Gasteiger partial charge in [0, 0.05) is 80.2 Å². The lowest BCUT2D eigenvalue weighted by molar-refractivity contribution is -0.202. The zero-order valence-corrected chi connectivity index (χ0v) is 58.9. The number of nitrogens with one attached hydrogen (secondary N) is 3. The van der Waals surface area contributed by atoms with E-state index in [4.69, 9.17) is 24.4 Å². The number of rotatable bonds is 20. The molecule has 5 heterocycles. The number of thiocarbonyl (C=S) groups is 2. The number of carbonyl (C=O) groups is 6. The molecule has 0 unspecified atom stereocenters. The lowest BCUT2D eigenvalue weighted by Gasteiger charge is -2.60. The minimum atomic E-state index is -4.81. The maximum Gasteiger partial charge on any atom is 0.417 e. The van der Waals surface area contributed by atoms with Crippen LogP contribution in [0.5, 0.6) is 0 Å². The van der Waals surface area contributed by atoms with E-state index in [0.29, 0.717) is 49.4 Å². The molecule has 3 aromatic carbocycles. The number of amides is 5. The predicted octanol–water partition coefficient (Wildman–Crippen LogP) is 11.1. The van der Waals surface area contributed by atoms with Gasteiger partial charge in [-0.15, -0.1) is 0 Å². The van der Waals surface area contributed by atoms with Crippen molar-refractivity contribution in [2.45, 2.75) is 223 Å². The van der Waals surface area contributed by atoms with Gasteiger partial charge in [0.25, 0.3) is 11.8 Å². The van der Waals surface area contributed by atoms with Crippen LogP contribution in [0.25, 0.3) is 0 Å². The van der Waals surface area contributed by atoms with Crippen molar-refractivity contribution in [1.82, 2.24) is 34.7 Å². The topological polar surface area (TPSA) is 232 Å². The molecule has 28 heteroatoms. The van der Waals surface area contributed by atoms with Crippen LogP contribution in [0.3, 0.4) is 0 Å². The summed E-state index contributed by atoms with van der Waals surface area (Å²) in [7, 11) is 0. The third-order valence-electron chi connectivity index (χ3n) is 21.7. The molecule has 10 rings (SSSR count). The lowest BCUT2D eigenvalue weighted by Crippen LogP contribution is -2.78. The van der Waals surface area contributed by atoms with Gasteiger partial charge < -0.3 is 35.3 Å². The van der Waals surface area contributed by atoms with E-state index >= 15 is 0 Å². The number of anilines is 4. The van der Waals surface area contributed by atoms with E-state index in [9.17, 15) is 70.7 Å². The highest BCUT2D eigenvalue weighted by Gasteiger charge is 2.60. The Kier molecular flexibility index (Phi) is 22.0. The molecule has 534 valence electrons. The van der Waals surface area contributed by atoms with Crippen LogP contribution in [-0.4, -0.2) is 179 Å². The molecule has 0 bridgehead atoms. The molecule has 99 heavy (non-hydrogen) atoms. The first-order chi connectivity index (χ1) is 46.6. The van der Waals surface area contributed by atoms with Crippen molar-refractivity contribution < 1.29 is 60.2 Å². The zero-order valence-electron chi connectivity index (χ0n) is 57.3. The van der Waals surface area contributed by atoms with Crippen LogP contribution in [0.2, 0.25) is 0 Å². The lowest BCUT2D eigenvalue weighted by atomic mass is 9.81. The number of nitriles is 2. The van der Waals surface area contributed by atoms with Crippen molar-refractivity contribution in [2.24, 2.45) is 11.8 Å². The van der Waals surface area contributed by atoms with Gasteiger partial charge in [0.1, 0.15) is 17.1 Å². The minimum Gasteiger partial charge on any atom is -0.479 e. The molecule has 7 fully saturated rings. The molecule has 3 aromatic rings. The van der Waals surface area contributed by atoms with E-state index in [1.54, 1.807) is 64.1 Å². The minimum absolute atomic E-state index is 0.0402. The fourth-order valence-electron chi connectivity index (χ4n) is 17.3. The number of imide groups is 1. The predicted molar refractivity (Wildman–Crippen MR) is 369 cm³/mol. The second-order valence-electron chi connectivity index (χ2n) is 29.3. The first kappa shape index (κ1) is 74.4. The largest absolute Gasteiger partial charge is 0.479 e. The third kappa shape index (κ3) is 15.2. The molecule has 5 saturated heterocycles. The van der Waals surface area contributed by atoms with Crippen LogP contribution in [0, 0.1) is 34.5 Å². The molecule has 5 atom stereocenters. The smallest absolute Gasteiger partial charge is 0.417 e. The number of alkyl halides is 6. The molecule has 5 aliphatic heterocycles. The summed E-state index contributed by atoms with van der Waals surface area (Å²) in [6, 6.07) is 14.2. The molecule has 7 aliphatic rings. The Bertz CT molecular complexity index is 3510. The van der Waals surface area contributed by atoms with E-state index in [2.05, 4.69) is 25.8 Å². The molecule has 2 saturated carbocycles. The highest BCUT2D eigenvalue weighted by atomic mass is 32.1. The highest BCUT2D eigenvalue weighted by molar-refractivity contribution is 7.80. The van der Waals surface area contributed by atoms with Crippen LogP contribution in [0.1, 0.15) is 174 Å². The number of halogens is 6. The zero-order chi connectivity index (χ0) is 72.0. The van der Waals surface area contributed by atoms with Gasteiger partial charge in [0.05, 0.1) is 52.2 Å². The average molecular weight is 1410 g/mol. The second-order valence-corrected chi connectivity index (χ2v) is 30.1. The fourth-order valence-corrected chi connectivity index (χ4v) is 18.5. The quantitative estimate of drug-likeness (QED) is 0.0468. The van der Waals surface area contributed by atoms with E-state index in [1.807, 2.05) is 47.3 Å². The molecular weight excluding hydrogens is 1320 g/mol. The molecule has 2 aliphatic carbocycles. The van der Waals surface area contributed by atoms with Crippen LogP contribution in [-0.2, 0) is 41.1 Å². The van der Waals surface area contributed by atoms with E-state index in [1.165, 1.54) is 12.1 Å². The number of carbonyl (C=O) groups excluding carboxylic acids is 5. The molecular formula is C71H89F6N13O7S2. The maximum absolute atomic E-state index is 14.8. The van der Waals surface area contributed by atoms with Crippen molar-refractivity contribution in [3.05, 3.63) is 82.9 Å². The molecule has 0 spiro atoms. The number of hydrogen-bond donors (Lipinski definition) is 4.